The van der Waals surface area contributed by atoms with E-state index in [0.717, 1.165) is 5.03 Å². The average molecular weight is 553 g/mol. The number of hydrogen-bond acceptors (Lipinski definition) is 13. The van der Waals surface area contributed by atoms with E-state index in [-0.39, 0.29) is 17.2 Å². The van der Waals surface area contributed by atoms with E-state index in [1.807, 2.05) is 11.6 Å². The van der Waals surface area contributed by atoms with Crippen LogP contribution in [0.15, 0.2) is 52.2 Å². The van der Waals surface area contributed by atoms with Crippen LogP contribution in [0.1, 0.15) is 11.7 Å². The Labute approximate surface area is 218 Å². The van der Waals surface area contributed by atoms with Crippen molar-refractivity contribution in [2.24, 2.45) is 5.73 Å². The van der Waals surface area contributed by atoms with Crippen molar-refractivity contribution < 1.29 is 24.7 Å². The molecule has 1 fully saturated rings. The van der Waals surface area contributed by atoms with Gasteiger partial charge in [-0.3, -0.25) is 19.9 Å². The molecule has 0 radical (unpaired) electrons. The third-order valence-electron chi connectivity index (χ3n) is 5.21. The number of pyridine rings is 1. The summed E-state index contributed by atoms with van der Waals surface area (Å²) in [4.78, 5) is 43.7. The molecule has 1 unspecified atom stereocenters. The number of carboxylic acids is 1. The average Bonchev–Trinajstić information content (AvgIpc) is 2.86. The minimum Gasteiger partial charge on any atom is -0.477 e. The van der Waals surface area contributed by atoms with Gasteiger partial charge in [-0.1, -0.05) is 17.8 Å². The fourth-order valence-electron chi connectivity index (χ4n) is 3.61. The monoisotopic (exact) mass is 552 g/mol. The van der Waals surface area contributed by atoms with Gasteiger partial charge in [0.1, 0.15) is 28.0 Å². The summed E-state index contributed by atoms with van der Waals surface area (Å²) in [5, 5.41) is 22.2. The minimum absolute atomic E-state index is 0.118. The predicted octanol–water partition coefficient (Wildman–Crippen LogP) is -0.105. The van der Waals surface area contributed by atoms with Gasteiger partial charge in [-0.2, -0.15) is 5.48 Å². The van der Waals surface area contributed by atoms with Crippen molar-refractivity contribution in [3.63, 3.8) is 0 Å². The summed E-state index contributed by atoms with van der Waals surface area (Å²) in [7, 11) is 0. The Morgan fingerprint density at radius 2 is 2.19 bits per heavy atom. The minimum atomic E-state index is -1.26. The first kappa shape index (κ1) is 26.2. The highest BCUT2D eigenvalue weighted by molar-refractivity contribution is 8.09. The van der Waals surface area contributed by atoms with Crippen molar-refractivity contribution in [3.05, 3.63) is 57.9 Å². The highest BCUT2D eigenvalue weighted by Gasteiger charge is 2.54. The van der Waals surface area contributed by atoms with E-state index in [9.17, 15) is 24.7 Å². The van der Waals surface area contributed by atoms with Crippen LogP contribution in [0.4, 0.5) is 5.82 Å². The number of hydrogen-bond donors (Lipinski definition) is 7. The van der Waals surface area contributed by atoms with Gasteiger partial charge >= 0.3 is 5.97 Å². The molecular formula is C20H24N8O5S3. The van der Waals surface area contributed by atoms with E-state index in [0.29, 0.717) is 23.0 Å². The van der Waals surface area contributed by atoms with E-state index < -0.39 is 35.2 Å². The van der Waals surface area contributed by atoms with Crippen molar-refractivity contribution in [2.45, 2.75) is 17.5 Å². The summed E-state index contributed by atoms with van der Waals surface area (Å²) in [6.07, 6.45) is 5.37. The number of carbonyl (C=O) groups excluding carboxylic acids is 2. The molecule has 2 amide bonds. The lowest BCUT2D eigenvalue weighted by Gasteiger charge is -2.49. The molecule has 3 atom stereocenters. The molecule has 4 rings (SSSR count). The number of nitrogens with zero attached hydrogens (tertiary/aromatic N) is 3. The standard InChI is InChI=1S/C20H24N8O5S3/c21-6-8-35-28-13(5-2-7-23-28)36-11-9-34-19-15(18(30)27(19)16(11)20(31)32)25-17(29)14(26-33)10-3-1-4-12(22)24-10/h1-5,7,14-15,19,23,26,33H,6,8-9,21H2,(H2,22,24)(H,25,29)(H,31,32)/t14?,15-,19+/m1/s1. The molecular weight excluding hydrogens is 528 g/mol. The number of nitrogens with one attached hydrogen (secondary N) is 3. The number of nitrogens with two attached hydrogens (primary N) is 2. The molecule has 0 bridgehead atoms. The number of amides is 2. The Bertz CT molecular complexity index is 1150. The van der Waals surface area contributed by atoms with Gasteiger partial charge in [-0.25, -0.2) is 14.2 Å². The molecule has 192 valence electrons. The van der Waals surface area contributed by atoms with Crippen LogP contribution in [-0.2, 0) is 14.4 Å². The van der Waals surface area contributed by atoms with Crippen LogP contribution in [0.5, 0.6) is 0 Å². The van der Waals surface area contributed by atoms with Gasteiger partial charge in [0, 0.05) is 29.2 Å². The van der Waals surface area contributed by atoms with Gasteiger partial charge in [0.05, 0.1) is 5.69 Å². The highest BCUT2D eigenvalue weighted by atomic mass is 32.2. The SMILES string of the molecule is NCCSN1NC=CC=C1SC1=C(C(=O)O)N2C(=O)[C@@H](NC(=O)C(NO)c3cccc(N)n3)[C@@H]2SC1. The Balaban J connectivity index is 1.49. The third-order valence-corrected chi connectivity index (χ3v) is 8.87. The van der Waals surface area contributed by atoms with Gasteiger partial charge in [0.15, 0.2) is 6.04 Å². The van der Waals surface area contributed by atoms with E-state index in [2.05, 4.69) is 15.7 Å². The lowest BCUT2D eigenvalue weighted by atomic mass is 10.0. The van der Waals surface area contributed by atoms with Crippen LogP contribution >= 0.6 is 35.5 Å². The van der Waals surface area contributed by atoms with E-state index in [4.69, 9.17) is 11.5 Å². The van der Waals surface area contributed by atoms with Crippen LogP contribution in [0.2, 0.25) is 0 Å². The number of nitrogen functional groups attached to an aromatic ring is 1. The molecule has 4 heterocycles. The van der Waals surface area contributed by atoms with Crippen LogP contribution < -0.4 is 27.7 Å². The Hall–Kier alpha value is -2.89. The van der Waals surface area contributed by atoms with Crippen LogP contribution in [-0.4, -0.2) is 71.9 Å². The Morgan fingerprint density at radius 1 is 1.39 bits per heavy atom. The highest BCUT2D eigenvalue weighted by Crippen LogP contribution is 2.46. The summed E-state index contributed by atoms with van der Waals surface area (Å²) < 4.78 is 1.79. The zero-order chi connectivity index (χ0) is 25.8. The number of thioether (sulfide) groups is 2. The van der Waals surface area contributed by atoms with Gasteiger partial charge in [0.2, 0.25) is 5.91 Å². The fraction of sp³-hybridized carbons (Fsp3) is 0.300. The molecule has 9 N–H and O–H groups in total. The maximum atomic E-state index is 13.0. The molecule has 1 aromatic heterocycles. The number of aromatic nitrogens is 1. The van der Waals surface area contributed by atoms with Crippen LogP contribution in [0.3, 0.4) is 0 Å². The summed E-state index contributed by atoms with van der Waals surface area (Å²) >= 11 is 4.03. The molecule has 36 heavy (non-hydrogen) atoms. The molecule has 0 saturated carbocycles. The number of aliphatic carboxylic acids is 1. The molecule has 16 heteroatoms. The predicted molar refractivity (Wildman–Crippen MR) is 137 cm³/mol. The van der Waals surface area contributed by atoms with E-state index >= 15 is 0 Å². The largest absolute Gasteiger partial charge is 0.477 e. The first-order valence-electron chi connectivity index (χ1n) is 10.6. The maximum Gasteiger partial charge on any atom is 0.353 e. The quantitative estimate of drug-likeness (QED) is 0.115. The number of anilines is 1. The summed E-state index contributed by atoms with van der Waals surface area (Å²) in [5.74, 6) is -1.36. The third kappa shape index (κ3) is 5.28. The van der Waals surface area contributed by atoms with Gasteiger partial charge in [-0.05, 0) is 36.2 Å². The summed E-state index contributed by atoms with van der Waals surface area (Å²) in [6, 6.07) is 2.38. The molecule has 0 aromatic carbocycles. The van der Waals surface area contributed by atoms with Crippen molar-refractivity contribution in [3.8, 4) is 0 Å². The molecule has 3 aliphatic heterocycles. The number of carboxylic acid groups (broad SMARTS) is 1. The van der Waals surface area contributed by atoms with Crippen molar-refractivity contribution in [2.75, 3.05) is 23.8 Å². The second kappa shape index (κ2) is 11.4. The lowest BCUT2D eigenvalue weighted by molar-refractivity contribution is -0.151. The van der Waals surface area contributed by atoms with Gasteiger partial charge < -0.3 is 27.1 Å². The number of fused-ring (bicyclic) bond motifs is 1. The Morgan fingerprint density at radius 3 is 2.89 bits per heavy atom. The fourth-order valence-corrected chi connectivity index (χ4v) is 6.95. The molecule has 13 nitrogen and oxygen atoms in total. The number of β-lactam (4-membered cyclic amide) rings is 1. The molecule has 1 saturated heterocycles. The van der Waals surface area contributed by atoms with Gasteiger partial charge in [0.25, 0.3) is 5.91 Å². The number of carbonyl (C=O) groups is 3. The summed E-state index contributed by atoms with van der Waals surface area (Å²) in [5.41, 5.74) is 16.3. The van der Waals surface area contributed by atoms with E-state index in [1.165, 1.54) is 52.5 Å². The van der Waals surface area contributed by atoms with E-state index in [1.54, 1.807) is 22.8 Å². The lowest BCUT2D eigenvalue weighted by Crippen LogP contribution is -2.71. The maximum absolute atomic E-state index is 13.0. The van der Waals surface area contributed by atoms with Crippen LogP contribution in [0.25, 0.3) is 0 Å². The first-order chi connectivity index (χ1) is 17.3. The number of rotatable bonds is 10. The zero-order valence-electron chi connectivity index (χ0n) is 18.7. The molecule has 1 aromatic rings. The first-order valence-corrected chi connectivity index (χ1v) is 13.4. The number of hydrazine groups is 1. The second-order valence-electron chi connectivity index (χ2n) is 7.53. The molecule has 0 spiro atoms. The molecule has 0 aliphatic carbocycles. The normalized spacial score (nSPS) is 21.8. The second-order valence-corrected chi connectivity index (χ2v) is 10.8. The smallest absolute Gasteiger partial charge is 0.353 e. The summed E-state index contributed by atoms with van der Waals surface area (Å²) in [6.45, 7) is 0.473. The van der Waals surface area contributed by atoms with Gasteiger partial charge in [-0.15, -0.1) is 11.8 Å². The van der Waals surface area contributed by atoms with Crippen molar-refractivity contribution >= 4 is 59.1 Å². The number of hydroxylamine groups is 1. The molecule has 3 aliphatic rings. The zero-order valence-corrected chi connectivity index (χ0v) is 21.1. The number of allylic oxidation sites excluding steroid dienone is 2. The Kier molecular flexibility index (Phi) is 8.32. The van der Waals surface area contributed by atoms with Crippen molar-refractivity contribution in [1.29, 1.82) is 0 Å². The topological polar surface area (TPSA) is 199 Å². The van der Waals surface area contributed by atoms with Crippen LogP contribution in [0, 0.1) is 0 Å². The van der Waals surface area contributed by atoms with Crippen molar-refractivity contribution in [1.82, 2.24) is 30.5 Å².